The van der Waals surface area contributed by atoms with E-state index in [1.54, 1.807) is 0 Å². The van der Waals surface area contributed by atoms with Gasteiger partial charge in [0.1, 0.15) is 0 Å². The van der Waals surface area contributed by atoms with Crippen LogP contribution in [-0.2, 0) is 27.4 Å². The van der Waals surface area contributed by atoms with Crippen LogP contribution in [0.3, 0.4) is 0 Å². The van der Waals surface area contributed by atoms with Gasteiger partial charge < -0.3 is 14.6 Å². The molecule has 0 saturated carbocycles. The molecule has 11 heteroatoms. The van der Waals surface area contributed by atoms with Crippen molar-refractivity contribution >= 4 is 26.9 Å². The molecule has 0 unspecified atom stereocenters. The zero-order chi connectivity index (χ0) is 22.4. The molecule has 2 aromatic carbocycles. The molecule has 0 saturated heterocycles. The van der Waals surface area contributed by atoms with Crippen molar-refractivity contribution < 1.29 is 41.0 Å². The van der Waals surface area contributed by atoms with Gasteiger partial charge in [0.15, 0.2) is 11.5 Å². The van der Waals surface area contributed by atoms with Gasteiger partial charge in [-0.05, 0) is 49.2 Å². The van der Waals surface area contributed by atoms with E-state index in [0.29, 0.717) is 5.75 Å². The van der Waals surface area contributed by atoms with E-state index >= 15 is 0 Å². The molecule has 0 bridgehead atoms. The number of benzene rings is 2. The molecule has 1 aromatic heterocycles. The van der Waals surface area contributed by atoms with Crippen molar-refractivity contribution in [2.45, 2.75) is 30.3 Å². The number of aryl methyl sites for hydroxylation is 1. The van der Waals surface area contributed by atoms with Gasteiger partial charge in [0.05, 0.1) is 16.0 Å². The fourth-order valence-corrected chi connectivity index (χ4v) is 5.03. The van der Waals surface area contributed by atoms with Crippen molar-refractivity contribution in [3.8, 4) is 11.5 Å². The van der Waals surface area contributed by atoms with Gasteiger partial charge in [-0.15, -0.1) is 0 Å². The lowest BCUT2D eigenvalue weighted by molar-refractivity contribution is -0.138. The number of hydrogen-bond acceptors (Lipinski definition) is 5. The van der Waals surface area contributed by atoms with Crippen molar-refractivity contribution in [1.29, 1.82) is 0 Å². The number of rotatable bonds is 6. The quantitative estimate of drug-likeness (QED) is 0.603. The molecule has 0 aliphatic carbocycles. The Balaban J connectivity index is 1.86. The van der Waals surface area contributed by atoms with E-state index in [1.165, 1.54) is 24.3 Å². The Morgan fingerprint density at radius 1 is 1.06 bits per heavy atom. The minimum Gasteiger partial charge on any atom is -0.481 e. The summed E-state index contributed by atoms with van der Waals surface area (Å²) in [5.74, 6) is -0.433. The molecule has 1 aliphatic heterocycles. The normalized spacial score (nSPS) is 13.6. The third kappa shape index (κ3) is 3.92. The maximum Gasteiger partial charge on any atom is 0.416 e. The smallest absolute Gasteiger partial charge is 0.416 e. The van der Waals surface area contributed by atoms with Gasteiger partial charge in [0.25, 0.3) is 10.0 Å². The molecule has 4 rings (SSSR count). The highest BCUT2D eigenvalue weighted by atomic mass is 32.2. The summed E-state index contributed by atoms with van der Waals surface area (Å²) in [6, 6.07) is 8.18. The Bertz CT molecular complexity index is 1280. The Morgan fingerprint density at radius 2 is 1.81 bits per heavy atom. The van der Waals surface area contributed by atoms with E-state index in [-0.39, 0.29) is 53.3 Å². The average Bonchev–Trinajstić information content (AvgIpc) is 3.30. The topological polar surface area (TPSA) is 94.8 Å². The fourth-order valence-electron chi connectivity index (χ4n) is 3.45. The highest BCUT2D eigenvalue weighted by molar-refractivity contribution is 7.90. The van der Waals surface area contributed by atoms with Crippen LogP contribution in [0.1, 0.15) is 24.1 Å². The standard InChI is InChI=1S/C20H16F3NO6S/c21-20(22,23)13-4-6-16-12(8-13)9-14(2-1-3-19(25)26)24(16)31(27,28)15-5-7-17-18(10-15)30-11-29-17/h4-10H,1-3,11H2,(H,25,26). The van der Waals surface area contributed by atoms with E-state index in [4.69, 9.17) is 14.6 Å². The van der Waals surface area contributed by atoms with Crippen LogP contribution in [0.4, 0.5) is 13.2 Å². The molecule has 31 heavy (non-hydrogen) atoms. The minimum atomic E-state index is -4.59. The first-order valence-electron chi connectivity index (χ1n) is 9.16. The predicted molar refractivity (Wildman–Crippen MR) is 103 cm³/mol. The van der Waals surface area contributed by atoms with Crippen molar-refractivity contribution in [2.75, 3.05) is 6.79 Å². The summed E-state index contributed by atoms with van der Waals surface area (Å²) < 4.78 is 77.6. The summed E-state index contributed by atoms with van der Waals surface area (Å²) in [7, 11) is -4.22. The molecule has 164 valence electrons. The van der Waals surface area contributed by atoms with Gasteiger partial charge in [0.2, 0.25) is 6.79 Å². The lowest BCUT2D eigenvalue weighted by Crippen LogP contribution is -2.16. The highest BCUT2D eigenvalue weighted by Gasteiger charge is 2.32. The van der Waals surface area contributed by atoms with Gasteiger partial charge in [0, 0.05) is 23.6 Å². The number of carbonyl (C=O) groups is 1. The summed E-state index contributed by atoms with van der Waals surface area (Å²) in [5.41, 5.74) is -0.654. The Morgan fingerprint density at radius 3 is 2.52 bits per heavy atom. The second kappa shape index (κ2) is 7.49. The fraction of sp³-hybridized carbons (Fsp3) is 0.250. The third-order valence-corrected chi connectivity index (χ3v) is 6.62. The summed E-state index contributed by atoms with van der Waals surface area (Å²) >= 11 is 0. The molecule has 0 fully saturated rings. The molecule has 0 amide bonds. The molecule has 0 spiro atoms. The molecule has 1 N–H and O–H groups in total. The number of hydrogen-bond donors (Lipinski definition) is 1. The lowest BCUT2D eigenvalue weighted by atomic mass is 10.1. The zero-order valence-electron chi connectivity index (χ0n) is 15.8. The molecule has 1 aliphatic rings. The van der Waals surface area contributed by atoms with Crippen molar-refractivity contribution in [3.63, 3.8) is 0 Å². The first kappa shape index (κ1) is 21.0. The first-order chi connectivity index (χ1) is 14.6. The Labute approximate surface area is 174 Å². The van der Waals surface area contributed by atoms with Crippen LogP contribution in [0.15, 0.2) is 47.4 Å². The van der Waals surface area contributed by atoms with E-state index < -0.39 is 27.7 Å². The van der Waals surface area contributed by atoms with Crippen molar-refractivity contribution in [3.05, 3.63) is 53.7 Å². The highest BCUT2D eigenvalue weighted by Crippen LogP contribution is 2.37. The van der Waals surface area contributed by atoms with Gasteiger partial charge >= 0.3 is 12.1 Å². The van der Waals surface area contributed by atoms with Crippen LogP contribution in [0.2, 0.25) is 0 Å². The average molecular weight is 455 g/mol. The maximum absolute atomic E-state index is 13.4. The lowest BCUT2D eigenvalue weighted by Gasteiger charge is -2.13. The minimum absolute atomic E-state index is 0.0477. The van der Waals surface area contributed by atoms with Crippen molar-refractivity contribution in [2.24, 2.45) is 0 Å². The summed E-state index contributed by atoms with van der Waals surface area (Å²) in [6.07, 6.45) is -4.63. The van der Waals surface area contributed by atoms with Gasteiger partial charge in [-0.2, -0.15) is 13.2 Å². The monoisotopic (exact) mass is 455 g/mol. The van der Waals surface area contributed by atoms with Crippen LogP contribution in [-0.4, -0.2) is 30.3 Å². The summed E-state index contributed by atoms with van der Waals surface area (Å²) in [5, 5.41) is 8.97. The van der Waals surface area contributed by atoms with E-state index in [9.17, 15) is 26.4 Å². The Kier molecular flexibility index (Phi) is 5.08. The maximum atomic E-state index is 13.4. The number of aromatic nitrogens is 1. The number of fused-ring (bicyclic) bond motifs is 2. The second-order valence-electron chi connectivity index (χ2n) is 6.94. The summed E-state index contributed by atoms with van der Waals surface area (Å²) in [4.78, 5) is 10.7. The predicted octanol–water partition coefficient (Wildman–Crippen LogP) is 4.03. The largest absolute Gasteiger partial charge is 0.481 e. The van der Waals surface area contributed by atoms with Gasteiger partial charge in [-0.25, -0.2) is 12.4 Å². The number of nitrogens with zero attached hydrogens (tertiary/aromatic N) is 1. The number of halogens is 3. The van der Waals surface area contributed by atoms with E-state index in [1.807, 2.05) is 0 Å². The second-order valence-corrected chi connectivity index (χ2v) is 8.73. The van der Waals surface area contributed by atoms with Gasteiger partial charge in [-0.3, -0.25) is 4.79 Å². The molecule has 0 atom stereocenters. The molecule has 7 nitrogen and oxygen atoms in total. The number of ether oxygens (including phenoxy) is 2. The van der Waals surface area contributed by atoms with Crippen LogP contribution in [0.25, 0.3) is 10.9 Å². The Hall–Kier alpha value is -3.21. The van der Waals surface area contributed by atoms with E-state index in [2.05, 4.69) is 0 Å². The molecule has 2 heterocycles. The third-order valence-electron chi connectivity index (χ3n) is 4.86. The number of carboxylic acids is 1. The molecule has 0 radical (unpaired) electrons. The zero-order valence-corrected chi connectivity index (χ0v) is 16.7. The number of aliphatic carboxylic acids is 1. The molecule has 3 aromatic rings. The van der Waals surface area contributed by atoms with E-state index in [0.717, 1.165) is 22.2 Å². The van der Waals surface area contributed by atoms with Gasteiger partial charge in [-0.1, -0.05) is 0 Å². The first-order valence-corrected chi connectivity index (χ1v) is 10.6. The van der Waals surface area contributed by atoms with Crippen LogP contribution < -0.4 is 9.47 Å². The SMILES string of the molecule is O=C(O)CCCc1cc2cc(C(F)(F)F)ccc2n1S(=O)(=O)c1ccc2c(c1)OCO2. The van der Waals surface area contributed by atoms with Crippen LogP contribution in [0.5, 0.6) is 11.5 Å². The number of alkyl halides is 3. The van der Waals surface area contributed by atoms with Crippen LogP contribution in [0, 0.1) is 0 Å². The molecular weight excluding hydrogens is 439 g/mol. The van der Waals surface area contributed by atoms with Crippen LogP contribution >= 0.6 is 0 Å². The molecular formula is C20H16F3NO6S. The number of carboxylic acid groups (broad SMARTS) is 1. The van der Waals surface area contributed by atoms with Crippen molar-refractivity contribution in [1.82, 2.24) is 3.97 Å². The summed E-state index contributed by atoms with van der Waals surface area (Å²) in [6.45, 7) is -0.0497.